The Hall–Kier alpha value is -0.610. The van der Waals surface area contributed by atoms with Crippen molar-refractivity contribution in [2.45, 2.75) is 70.6 Å². The van der Waals surface area contributed by atoms with E-state index in [9.17, 15) is 4.79 Å². The highest BCUT2D eigenvalue weighted by atomic mass is 16.5. The maximum absolute atomic E-state index is 11.0. The minimum atomic E-state index is -0.178. The zero-order valence-corrected chi connectivity index (χ0v) is 12.7. The first-order valence-electron chi connectivity index (χ1n) is 7.36. The summed E-state index contributed by atoms with van der Waals surface area (Å²) in [5, 5.41) is 0. The minimum Gasteiger partial charge on any atom is -0.464 e. The van der Waals surface area contributed by atoms with E-state index >= 15 is 0 Å². The number of carbonyl (C=O) groups excluding carboxylic acids is 1. The third-order valence-electron chi connectivity index (χ3n) is 4.29. The topological polar surface area (TPSA) is 38.8 Å². The van der Waals surface area contributed by atoms with E-state index in [1.54, 1.807) is 0 Å². The quantitative estimate of drug-likeness (QED) is 0.734. The molecule has 0 spiro atoms. The highest BCUT2D eigenvalue weighted by Crippen LogP contribution is 2.43. The van der Waals surface area contributed by atoms with Crippen LogP contribution in [0.1, 0.15) is 53.4 Å². The summed E-state index contributed by atoms with van der Waals surface area (Å²) in [4.78, 5) is 13.5. The molecule has 2 fully saturated rings. The second-order valence-corrected chi connectivity index (χ2v) is 6.92. The van der Waals surface area contributed by atoms with Gasteiger partial charge >= 0.3 is 5.97 Å². The lowest BCUT2D eigenvalue weighted by Crippen LogP contribution is -2.48. The van der Waals surface area contributed by atoms with E-state index in [2.05, 4.69) is 25.7 Å². The van der Waals surface area contributed by atoms with Crippen LogP contribution >= 0.6 is 0 Å². The lowest BCUT2D eigenvalue weighted by Gasteiger charge is -2.37. The van der Waals surface area contributed by atoms with Crippen molar-refractivity contribution < 1.29 is 14.3 Å². The van der Waals surface area contributed by atoms with E-state index in [4.69, 9.17) is 9.47 Å². The minimum absolute atomic E-state index is 0.0863. The molecule has 2 aliphatic rings. The van der Waals surface area contributed by atoms with Gasteiger partial charge in [0.05, 0.1) is 12.2 Å². The van der Waals surface area contributed by atoms with E-state index in [-0.39, 0.29) is 17.1 Å². The Labute approximate surface area is 116 Å². The molecule has 0 N–H and O–H groups in total. The molecule has 19 heavy (non-hydrogen) atoms. The second-order valence-electron chi connectivity index (χ2n) is 6.92. The molecule has 0 unspecified atom stereocenters. The van der Waals surface area contributed by atoms with Gasteiger partial charge in [-0.05, 0) is 53.0 Å². The number of rotatable bonds is 4. The molecule has 4 nitrogen and oxygen atoms in total. The van der Waals surface area contributed by atoms with Crippen molar-refractivity contribution in [1.29, 1.82) is 0 Å². The molecule has 4 heteroatoms. The van der Waals surface area contributed by atoms with Crippen LogP contribution in [0.15, 0.2) is 0 Å². The molecule has 0 amide bonds. The molecule has 0 saturated carbocycles. The Morgan fingerprint density at radius 3 is 2.74 bits per heavy atom. The van der Waals surface area contributed by atoms with Gasteiger partial charge in [-0.15, -0.1) is 0 Å². The summed E-state index contributed by atoms with van der Waals surface area (Å²) in [6.07, 6.45) is 4.71. The van der Waals surface area contributed by atoms with Gasteiger partial charge in [0.1, 0.15) is 6.61 Å². The van der Waals surface area contributed by atoms with Crippen LogP contribution in [0.2, 0.25) is 0 Å². The normalized spacial score (nSPS) is 31.5. The summed E-state index contributed by atoms with van der Waals surface area (Å²) < 4.78 is 11.2. The Balaban J connectivity index is 1.95. The molecule has 2 rings (SSSR count). The molecule has 2 heterocycles. The summed E-state index contributed by atoms with van der Waals surface area (Å²) in [5.41, 5.74) is 0.106. The number of hydrogen-bond donors (Lipinski definition) is 0. The van der Waals surface area contributed by atoms with Gasteiger partial charge < -0.3 is 9.47 Å². The van der Waals surface area contributed by atoms with Crippen molar-refractivity contribution in [3.8, 4) is 0 Å². The molecule has 0 bridgehead atoms. The number of esters is 1. The van der Waals surface area contributed by atoms with Crippen molar-refractivity contribution in [2.75, 3.05) is 19.8 Å². The van der Waals surface area contributed by atoms with Crippen LogP contribution in [0.4, 0.5) is 0 Å². The van der Waals surface area contributed by atoms with E-state index in [1.807, 2.05) is 0 Å². The molecule has 110 valence electrons. The number of ether oxygens (including phenoxy) is 2. The fourth-order valence-electron chi connectivity index (χ4n) is 3.35. The van der Waals surface area contributed by atoms with Crippen molar-refractivity contribution >= 4 is 5.97 Å². The van der Waals surface area contributed by atoms with Crippen LogP contribution in [-0.4, -0.2) is 47.8 Å². The summed E-state index contributed by atoms with van der Waals surface area (Å²) in [6.45, 7) is 10.2. The Morgan fingerprint density at radius 2 is 2.11 bits per heavy atom. The molecule has 0 radical (unpaired) electrons. The number of hydrogen-bond acceptors (Lipinski definition) is 4. The lowest BCUT2D eigenvalue weighted by atomic mass is 9.95. The van der Waals surface area contributed by atoms with Crippen molar-refractivity contribution in [3.05, 3.63) is 0 Å². The molecule has 0 aromatic carbocycles. The van der Waals surface area contributed by atoms with E-state index < -0.39 is 0 Å². The fourth-order valence-corrected chi connectivity index (χ4v) is 3.35. The van der Waals surface area contributed by atoms with Crippen LogP contribution in [0.25, 0.3) is 0 Å². The van der Waals surface area contributed by atoms with Gasteiger partial charge in [0.2, 0.25) is 0 Å². The maximum atomic E-state index is 11.0. The standard InChI is InChI=1S/C15H27NO3/c1-12(17)18-10-13-6-8-15(7-5-9-16(13)15)11-19-14(2,3)4/h13H,5-11H2,1-4H3/t13-,15-/m0/s1. The lowest BCUT2D eigenvalue weighted by molar-refractivity contribution is -0.143. The van der Waals surface area contributed by atoms with Gasteiger partial charge in [-0.25, -0.2) is 0 Å². The molecule has 2 saturated heterocycles. The van der Waals surface area contributed by atoms with Gasteiger partial charge in [-0.3, -0.25) is 9.69 Å². The van der Waals surface area contributed by atoms with Crippen LogP contribution in [-0.2, 0) is 14.3 Å². The molecule has 0 aliphatic carbocycles. The van der Waals surface area contributed by atoms with Crippen LogP contribution in [0, 0.1) is 0 Å². The van der Waals surface area contributed by atoms with E-state index in [0.717, 1.165) is 26.0 Å². The Morgan fingerprint density at radius 1 is 1.37 bits per heavy atom. The highest BCUT2D eigenvalue weighted by Gasteiger charge is 2.49. The molecular weight excluding hydrogens is 242 g/mol. The maximum Gasteiger partial charge on any atom is 0.302 e. The zero-order chi connectivity index (χ0) is 14.1. The van der Waals surface area contributed by atoms with Crippen molar-refractivity contribution in [1.82, 2.24) is 4.90 Å². The second kappa shape index (κ2) is 5.41. The summed E-state index contributed by atoms with van der Waals surface area (Å²) in [7, 11) is 0. The Bertz CT molecular complexity index is 337. The number of carbonyl (C=O) groups is 1. The van der Waals surface area contributed by atoms with Crippen LogP contribution in [0.3, 0.4) is 0 Å². The SMILES string of the molecule is CC(=O)OC[C@@H]1CC[C@]2(COC(C)(C)C)CCCN12. The summed E-state index contributed by atoms with van der Waals surface area (Å²) in [5.74, 6) is -0.178. The smallest absolute Gasteiger partial charge is 0.302 e. The van der Waals surface area contributed by atoms with Crippen molar-refractivity contribution in [3.63, 3.8) is 0 Å². The van der Waals surface area contributed by atoms with Crippen LogP contribution < -0.4 is 0 Å². The monoisotopic (exact) mass is 269 g/mol. The first-order chi connectivity index (χ1) is 8.82. The largest absolute Gasteiger partial charge is 0.464 e. The van der Waals surface area contributed by atoms with Gasteiger partial charge in [-0.1, -0.05) is 0 Å². The molecule has 0 aromatic heterocycles. The predicted octanol–water partition coefficient (Wildman–Crippen LogP) is 2.36. The summed E-state index contributed by atoms with van der Waals surface area (Å²) in [6, 6.07) is 0.384. The molecule has 2 aliphatic heterocycles. The average Bonchev–Trinajstić information content (AvgIpc) is 2.81. The molecule has 0 aromatic rings. The van der Waals surface area contributed by atoms with Gasteiger partial charge in [0.25, 0.3) is 0 Å². The van der Waals surface area contributed by atoms with Crippen molar-refractivity contribution in [2.24, 2.45) is 0 Å². The van der Waals surface area contributed by atoms with Crippen LogP contribution in [0.5, 0.6) is 0 Å². The van der Waals surface area contributed by atoms with Gasteiger partial charge in [0.15, 0.2) is 0 Å². The predicted molar refractivity (Wildman–Crippen MR) is 74.0 cm³/mol. The first kappa shape index (κ1) is 14.8. The number of nitrogens with zero attached hydrogens (tertiary/aromatic N) is 1. The number of fused-ring (bicyclic) bond motifs is 1. The van der Waals surface area contributed by atoms with Gasteiger partial charge in [-0.2, -0.15) is 0 Å². The molecular formula is C15H27NO3. The fraction of sp³-hybridized carbons (Fsp3) is 0.933. The Kier molecular flexibility index (Phi) is 4.21. The van der Waals surface area contributed by atoms with E-state index in [0.29, 0.717) is 12.6 Å². The third kappa shape index (κ3) is 3.48. The van der Waals surface area contributed by atoms with Gasteiger partial charge in [0, 0.05) is 18.5 Å². The average molecular weight is 269 g/mol. The highest BCUT2D eigenvalue weighted by molar-refractivity contribution is 5.65. The first-order valence-corrected chi connectivity index (χ1v) is 7.36. The zero-order valence-electron chi connectivity index (χ0n) is 12.7. The third-order valence-corrected chi connectivity index (χ3v) is 4.29. The molecule has 2 atom stereocenters. The summed E-state index contributed by atoms with van der Waals surface area (Å²) >= 11 is 0. The van der Waals surface area contributed by atoms with E-state index in [1.165, 1.54) is 19.8 Å².